The third-order valence-corrected chi connectivity index (χ3v) is 4.82. The number of nitrogens with zero attached hydrogens (tertiary/aromatic N) is 2. The molecule has 0 unspecified atom stereocenters. The predicted octanol–water partition coefficient (Wildman–Crippen LogP) is 2.86. The van der Waals surface area contributed by atoms with Crippen LogP contribution in [-0.4, -0.2) is 33.9 Å². The van der Waals surface area contributed by atoms with Gasteiger partial charge in [0, 0.05) is 25.4 Å². The molecule has 0 bridgehead atoms. The van der Waals surface area contributed by atoms with Gasteiger partial charge in [0.1, 0.15) is 11.6 Å². The van der Waals surface area contributed by atoms with Gasteiger partial charge in [-0.05, 0) is 56.0 Å². The smallest absolute Gasteiger partial charge is 0.220 e. The summed E-state index contributed by atoms with van der Waals surface area (Å²) in [4.78, 5) is 21.8. The lowest BCUT2D eigenvalue weighted by Crippen LogP contribution is -2.34. The minimum Gasteiger partial charge on any atom is -0.352 e. The Morgan fingerprint density at radius 1 is 1.28 bits per heavy atom. The van der Waals surface area contributed by atoms with E-state index in [1.54, 1.807) is 18.3 Å². The number of benzene rings is 1. The van der Waals surface area contributed by atoms with Crippen LogP contribution in [0.4, 0.5) is 4.39 Å². The van der Waals surface area contributed by atoms with Crippen molar-refractivity contribution < 1.29 is 9.18 Å². The van der Waals surface area contributed by atoms with Crippen molar-refractivity contribution in [1.82, 2.24) is 20.2 Å². The van der Waals surface area contributed by atoms with E-state index in [0.29, 0.717) is 18.9 Å². The van der Waals surface area contributed by atoms with Gasteiger partial charge in [0.25, 0.3) is 0 Å². The molecule has 5 nitrogen and oxygen atoms in total. The molecule has 0 radical (unpaired) electrons. The molecule has 1 aliphatic rings. The van der Waals surface area contributed by atoms with E-state index in [4.69, 9.17) is 0 Å². The van der Waals surface area contributed by atoms with E-state index in [1.165, 1.54) is 12.1 Å². The highest BCUT2D eigenvalue weighted by Crippen LogP contribution is 2.22. The fraction of sp³-hybridized carbons (Fsp3) is 0.474. The average molecular weight is 344 g/mol. The lowest BCUT2D eigenvalue weighted by Gasteiger charge is -2.31. The molecular formula is C19H25FN4O. The van der Waals surface area contributed by atoms with E-state index in [-0.39, 0.29) is 11.7 Å². The summed E-state index contributed by atoms with van der Waals surface area (Å²) in [6.07, 6.45) is 7.39. The van der Waals surface area contributed by atoms with Crippen molar-refractivity contribution in [1.29, 1.82) is 0 Å². The first-order valence-corrected chi connectivity index (χ1v) is 8.91. The van der Waals surface area contributed by atoms with Crippen molar-refractivity contribution in [3.05, 3.63) is 53.9 Å². The molecule has 2 heterocycles. The Balaban J connectivity index is 1.31. The minimum atomic E-state index is -0.256. The molecule has 3 rings (SSSR count). The molecule has 2 aromatic rings. The van der Waals surface area contributed by atoms with Crippen LogP contribution in [0.15, 0.2) is 36.7 Å². The van der Waals surface area contributed by atoms with E-state index in [2.05, 4.69) is 20.2 Å². The topological polar surface area (TPSA) is 61.0 Å². The van der Waals surface area contributed by atoms with Gasteiger partial charge in [-0.2, -0.15) is 0 Å². The maximum absolute atomic E-state index is 12.8. The molecule has 0 atom stereocenters. The SMILES string of the molecule is O=C(CCC1CCN(Cc2ncc[nH]2)CC1)NCc1ccc(F)cc1. The van der Waals surface area contributed by atoms with Crippen molar-refractivity contribution >= 4 is 5.91 Å². The van der Waals surface area contributed by atoms with Gasteiger partial charge in [-0.25, -0.2) is 9.37 Å². The molecule has 0 saturated carbocycles. The number of hydrogen-bond acceptors (Lipinski definition) is 3. The van der Waals surface area contributed by atoms with Crippen LogP contribution in [0.1, 0.15) is 37.1 Å². The summed E-state index contributed by atoms with van der Waals surface area (Å²) in [7, 11) is 0. The molecule has 25 heavy (non-hydrogen) atoms. The first kappa shape index (κ1) is 17.6. The van der Waals surface area contributed by atoms with E-state index in [9.17, 15) is 9.18 Å². The van der Waals surface area contributed by atoms with Crippen LogP contribution in [0.3, 0.4) is 0 Å². The summed E-state index contributed by atoms with van der Waals surface area (Å²) >= 11 is 0. The second-order valence-corrected chi connectivity index (χ2v) is 6.70. The maximum Gasteiger partial charge on any atom is 0.220 e. The standard InChI is InChI=1S/C19H25FN4O/c20-17-4-1-16(2-5-17)13-23-19(25)6-3-15-7-11-24(12-8-15)14-18-21-9-10-22-18/h1-2,4-5,9-10,15H,3,6-8,11-14H2,(H,21,22)(H,23,25). The normalized spacial score (nSPS) is 16.0. The fourth-order valence-corrected chi connectivity index (χ4v) is 3.26. The molecule has 0 aliphatic carbocycles. The molecule has 134 valence electrons. The zero-order chi connectivity index (χ0) is 17.5. The first-order chi connectivity index (χ1) is 12.2. The van der Waals surface area contributed by atoms with Gasteiger partial charge in [0.2, 0.25) is 5.91 Å². The van der Waals surface area contributed by atoms with Crippen LogP contribution >= 0.6 is 0 Å². The summed E-state index contributed by atoms with van der Waals surface area (Å²) < 4.78 is 12.8. The molecule has 0 spiro atoms. The molecule has 1 aliphatic heterocycles. The van der Waals surface area contributed by atoms with Crippen LogP contribution in [0.25, 0.3) is 0 Å². The molecule has 1 aromatic carbocycles. The number of rotatable bonds is 7. The van der Waals surface area contributed by atoms with Crippen molar-refractivity contribution in [3.63, 3.8) is 0 Å². The maximum atomic E-state index is 12.8. The number of hydrogen-bond donors (Lipinski definition) is 2. The largest absolute Gasteiger partial charge is 0.352 e. The summed E-state index contributed by atoms with van der Waals surface area (Å²) in [5.74, 6) is 1.44. The second-order valence-electron chi connectivity index (χ2n) is 6.70. The van der Waals surface area contributed by atoms with Crippen molar-refractivity contribution in [2.75, 3.05) is 13.1 Å². The number of amides is 1. The van der Waals surface area contributed by atoms with Gasteiger partial charge in [-0.1, -0.05) is 12.1 Å². The summed E-state index contributed by atoms with van der Waals surface area (Å²) in [6.45, 7) is 3.45. The highest BCUT2D eigenvalue weighted by atomic mass is 19.1. The van der Waals surface area contributed by atoms with E-state index in [0.717, 1.165) is 50.3 Å². The molecule has 1 aromatic heterocycles. The summed E-state index contributed by atoms with van der Waals surface area (Å²) in [5.41, 5.74) is 0.918. The molecule has 1 amide bonds. The molecule has 1 fully saturated rings. The van der Waals surface area contributed by atoms with Crippen molar-refractivity contribution in [2.24, 2.45) is 5.92 Å². The number of aromatic amines is 1. The van der Waals surface area contributed by atoms with Crippen LogP contribution < -0.4 is 5.32 Å². The van der Waals surface area contributed by atoms with Gasteiger partial charge < -0.3 is 10.3 Å². The Hall–Kier alpha value is -2.21. The van der Waals surface area contributed by atoms with Gasteiger partial charge in [-0.15, -0.1) is 0 Å². The Bertz CT molecular complexity index is 649. The summed E-state index contributed by atoms with van der Waals surface area (Å²) in [6, 6.07) is 6.23. The Kier molecular flexibility index (Phi) is 6.17. The lowest BCUT2D eigenvalue weighted by atomic mass is 9.92. The second kappa shape index (κ2) is 8.76. The number of carbonyl (C=O) groups excluding carboxylic acids is 1. The number of likely N-dealkylation sites (tertiary alicyclic amines) is 1. The molecule has 1 saturated heterocycles. The highest BCUT2D eigenvalue weighted by Gasteiger charge is 2.20. The monoisotopic (exact) mass is 344 g/mol. The number of piperidine rings is 1. The third kappa shape index (κ3) is 5.67. The van der Waals surface area contributed by atoms with Crippen molar-refractivity contribution in [3.8, 4) is 0 Å². The first-order valence-electron chi connectivity index (χ1n) is 8.91. The highest BCUT2D eigenvalue weighted by molar-refractivity contribution is 5.75. The quantitative estimate of drug-likeness (QED) is 0.812. The number of aromatic nitrogens is 2. The average Bonchev–Trinajstić information content (AvgIpc) is 3.14. The number of imidazole rings is 1. The van der Waals surface area contributed by atoms with Crippen molar-refractivity contribution in [2.45, 2.75) is 38.8 Å². The van der Waals surface area contributed by atoms with Crippen LogP contribution in [0.5, 0.6) is 0 Å². The van der Waals surface area contributed by atoms with Gasteiger partial charge in [-0.3, -0.25) is 9.69 Å². The number of carbonyl (C=O) groups is 1. The van der Waals surface area contributed by atoms with E-state index < -0.39 is 0 Å². The lowest BCUT2D eigenvalue weighted by molar-refractivity contribution is -0.121. The van der Waals surface area contributed by atoms with Crippen LogP contribution in [0, 0.1) is 11.7 Å². The Morgan fingerprint density at radius 3 is 2.72 bits per heavy atom. The number of nitrogens with one attached hydrogen (secondary N) is 2. The zero-order valence-corrected chi connectivity index (χ0v) is 14.4. The van der Waals surface area contributed by atoms with Gasteiger partial charge in [0.15, 0.2) is 0 Å². The molecule has 6 heteroatoms. The van der Waals surface area contributed by atoms with E-state index >= 15 is 0 Å². The third-order valence-electron chi connectivity index (χ3n) is 4.82. The van der Waals surface area contributed by atoms with Gasteiger partial charge in [0.05, 0.1) is 6.54 Å². The summed E-state index contributed by atoms with van der Waals surface area (Å²) in [5, 5.41) is 2.91. The minimum absolute atomic E-state index is 0.0716. The van der Waals surface area contributed by atoms with Gasteiger partial charge >= 0.3 is 0 Å². The predicted molar refractivity (Wildman–Crippen MR) is 94.1 cm³/mol. The number of halogens is 1. The van der Waals surface area contributed by atoms with Crippen LogP contribution in [-0.2, 0) is 17.9 Å². The van der Waals surface area contributed by atoms with E-state index in [1.807, 2.05) is 6.20 Å². The molecule has 2 N–H and O–H groups in total. The number of H-pyrrole nitrogens is 1. The fourth-order valence-electron chi connectivity index (χ4n) is 3.26. The zero-order valence-electron chi connectivity index (χ0n) is 14.4. The van der Waals surface area contributed by atoms with Crippen LogP contribution in [0.2, 0.25) is 0 Å². The Labute approximate surface area is 147 Å². The molecular weight excluding hydrogens is 319 g/mol. The Morgan fingerprint density at radius 2 is 2.04 bits per heavy atom.